The summed E-state index contributed by atoms with van der Waals surface area (Å²) in [6.45, 7) is 7.77. The van der Waals surface area contributed by atoms with Gasteiger partial charge in [0.15, 0.2) is 0 Å². The van der Waals surface area contributed by atoms with E-state index in [4.69, 9.17) is 0 Å². The summed E-state index contributed by atoms with van der Waals surface area (Å²) in [5, 5.41) is 0. The van der Waals surface area contributed by atoms with Crippen LogP contribution in [0.25, 0.3) is 0 Å². The van der Waals surface area contributed by atoms with Crippen LogP contribution in [-0.4, -0.2) is 4.75 Å². The highest BCUT2D eigenvalue weighted by atomic mass is 33.1. The van der Waals surface area contributed by atoms with Gasteiger partial charge in [-0.3, -0.25) is 0 Å². The highest BCUT2D eigenvalue weighted by molar-refractivity contribution is 8.69. The molecule has 0 radical (unpaired) electrons. The van der Waals surface area contributed by atoms with E-state index in [0.717, 1.165) is 0 Å². The van der Waals surface area contributed by atoms with Crippen LogP contribution in [0.4, 0.5) is 0 Å². The Kier molecular flexibility index (Phi) is 2.84. The summed E-state index contributed by atoms with van der Waals surface area (Å²) < 4.78 is 0.128. The van der Waals surface area contributed by atoms with Crippen LogP contribution in [-0.2, 0) is 0 Å². The molecule has 0 aliphatic carbocycles. The summed E-state index contributed by atoms with van der Waals surface area (Å²) in [4.78, 5) is 0. The van der Waals surface area contributed by atoms with E-state index in [2.05, 4.69) is 32.1 Å². The van der Waals surface area contributed by atoms with Crippen molar-refractivity contribution in [2.45, 2.75) is 18.6 Å². The SMILES string of the molecule is C=CC(C)(C)SS. The van der Waals surface area contributed by atoms with Gasteiger partial charge in [0.2, 0.25) is 0 Å². The molecule has 0 aromatic rings. The van der Waals surface area contributed by atoms with Gasteiger partial charge in [0.05, 0.1) is 0 Å². The molecule has 0 spiro atoms. The van der Waals surface area contributed by atoms with Gasteiger partial charge in [-0.1, -0.05) is 16.9 Å². The summed E-state index contributed by atoms with van der Waals surface area (Å²) in [6, 6.07) is 0. The van der Waals surface area contributed by atoms with Crippen molar-refractivity contribution in [3.8, 4) is 0 Å². The second-order valence-corrected chi connectivity index (χ2v) is 3.68. The van der Waals surface area contributed by atoms with Crippen LogP contribution < -0.4 is 0 Å². The largest absolute Gasteiger partial charge is 0.110 e. The van der Waals surface area contributed by atoms with Crippen LogP contribution >= 0.6 is 22.5 Å². The molecule has 0 aromatic carbocycles. The van der Waals surface area contributed by atoms with E-state index >= 15 is 0 Å². The highest BCUT2D eigenvalue weighted by Crippen LogP contribution is 2.27. The van der Waals surface area contributed by atoms with Crippen molar-refractivity contribution in [1.29, 1.82) is 0 Å². The Labute approximate surface area is 54.2 Å². The monoisotopic (exact) mass is 134 g/mol. The summed E-state index contributed by atoms with van der Waals surface area (Å²) in [5.41, 5.74) is 0. The molecule has 0 atom stereocenters. The molecule has 0 aliphatic heterocycles. The minimum Gasteiger partial charge on any atom is -0.110 e. The highest BCUT2D eigenvalue weighted by Gasteiger charge is 2.08. The van der Waals surface area contributed by atoms with E-state index in [1.54, 1.807) is 0 Å². The fraction of sp³-hybridized carbons (Fsp3) is 0.600. The van der Waals surface area contributed by atoms with E-state index in [0.29, 0.717) is 0 Å². The Morgan fingerprint density at radius 1 is 1.71 bits per heavy atom. The first kappa shape index (κ1) is 7.44. The molecule has 7 heavy (non-hydrogen) atoms. The molecule has 0 saturated carbocycles. The van der Waals surface area contributed by atoms with Crippen molar-refractivity contribution < 1.29 is 0 Å². The molecule has 0 aliphatic rings. The Bertz CT molecular complexity index is 66.5. The van der Waals surface area contributed by atoms with E-state index in [-0.39, 0.29) is 4.75 Å². The van der Waals surface area contributed by atoms with Gasteiger partial charge < -0.3 is 0 Å². The minimum absolute atomic E-state index is 0.128. The molecule has 0 saturated heterocycles. The van der Waals surface area contributed by atoms with Crippen molar-refractivity contribution in [2.75, 3.05) is 0 Å². The van der Waals surface area contributed by atoms with Crippen LogP contribution in [0.3, 0.4) is 0 Å². The molecule has 0 unspecified atom stereocenters. The van der Waals surface area contributed by atoms with Gasteiger partial charge >= 0.3 is 0 Å². The van der Waals surface area contributed by atoms with Gasteiger partial charge in [-0.25, -0.2) is 0 Å². The number of hydrogen-bond acceptors (Lipinski definition) is 2. The summed E-state index contributed by atoms with van der Waals surface area (Å²) in [5.74, 6) is 0. The predicted octanol–water partition coefficient (Wildman–Crippen LogP) is 2.53. The summed E-state index contributed by atoms with van der Waals surface area (Å²) in [7, 11) is 1.50. The Morgan fingerprint density at radius 3 is 2.14 bits per heavy atom. The van der Waals surface area contributed by atoms with Crippen LogP contribution in [0, 0.1) is 0 Å². The number of thiol groups is 1. The lowest BCUT2D eigenvalue weighted by molar-refractivity contribution is 0.910. The first-order valence-corrected chi connectivity index (χ1v) is 3.95. The third-order valence-electron chi connectivity index (χ3n) is 0.727. The zero-order valence-corrected chi connectivity index (χ0v) is 6.35. The molecule has 0 amide bonds. The Hall–Kier alpha value is 0.440. The van der Waals surface area contributed by atoms with Crippen molar-refractivity contribution in [3.05, 3.63) is 12.7 Å². The van der Waals surface area contributed by atoms with Gasteiger partial charge in [-0.15, -0.1) is 18.2 Å². The molecular formula is C5H10S2. The van der Waals surface area contributed by atoms with E-state index in [9.17, 15) is 0 Å². The maximum absolute atomic E-state index is 4.03. The first-order valence-electron chi connectivity index (χ1n) is 2.08. The van der Waals surface area contributed by atoms with Crippen LogP contribution in [0.1, 0.15) is 13.8 Å². The molecule has 2 heteroatoms. The summed E-state index contributed by atoms with van der Waals surface area (Å²) >= 11 is 4.03. The second kappa shape index (κ2) is 2.68. The molecule has 0 rings (SSSR count). The first-order chi connectivity index (χ1) is 3.12. The smallest absolute Gasteiger partial charge is 0.0381 e. The molecule has 0 fully saturated rings. The van der Waals surface area contributed by atoms with Gasteiger partial charge in [-0.2, -0.15) is 0 Å². The molecule has 0 bridgehead atoms. The second-order valence-electron chi connectivity index (χ2n) is 1.90. The average molecular weight is 134 g/mol. The van der Waals surface area contributed by atoms with Crippen molar-refractivity contribution in [3.63, 3.8) is 0 Å². The van der Waals surface area contributed by atoms with Gasteiger partial charge in [0, 0.05) is 4.75 Å². The predicted molar refractivity (Wildman–Crippen MR) is 40.9 cm³/mol. The third-order valence-corrected chi connectivity index (χ3v) is 2.78. The average Bonchev–Trinajstić information content (AvgIpc) is 1.68. The lowest BCUT2D eigenvalue weighted by Crippen LogP contribution is -2.05. The number of rotatable bonds is 2. The molecule has 0 N–H and O–H groups in total. The van der Waals surface area contributed by atoms with E-state index < -0.39 is 0 Å². The van der Waals surface area contributed by atoms with Gasteiger partial charge in [-0.05, 0) is 13.8 Å². The standard InChI is InChI=1S/C5H10S2/c1-4-5(2,3)7-6/h4,6H,1H2,2-3H3. The molecule has 42 valence electrons. The molecule has 0 aromatic heterocycles. The lowest BCUT2D eigenvalue weighted by Gasteiger charge is -2.12. The topological polar surface area (TPSA) is 0 Å². The zero-order valence-electron chi connectivity index (χ0n) is 4.64. The molecule has 0 heterocycles. The van der Waals surface area contributed by atoms with Crippen molar-refractivity contribution in [2.24, 2.45) is 0 Å². The van der Waals surface area contributed by atoms with Gasteiger partial charge in [0.25, 0.3) is 0 Å². The van der Waals surface area contributed by atoms with E-state index in [1.807, 2.05) is 6.08 Å². The Balaban J connectivity index is 3.58. The summed E-state index contributed by atoms with van der Waals surface area (Å²) in [6.07, 6.45) is 1.88. The molecule has 0 nitrogen and oxygen atoms in total. The maximum atomic E-state index is 4.03. The van der Waals surface area contributed by atoms with Crippen LogP contribution in [0.2, 0.25) is 0 Å². The third kappa shape index (κ3) is 3.06. The van der Waals surface area contributed by atoms with Crippen LogP contribution in [0.5, 0.6) is 0 Å². The van der Waals surface area contributed by atoms with Crippen molar-refractivity contribution in [1.82, 2.24) is 0 Å². The number of hydrogen-bond donors (Lipinski definition) is 1. The minimum atomic E-state index is 0.128. The fourth-order valence-corrected chi connectivity index (χ4v) is 0.335. The zero-order chi connectivity index (χ0) is 5.91. The Morgan fingerprint density at radius 2 is 2.14 bits per heavy atom. The van der Waals surface area contributed by atoms with E-state index in [1.165, 1.54) is 10.8 Å². The fourth-order valence-electron chi connectivity index (χ4n) is 0.0373. The van der Waals surface area contributed by atoms with Gasteiger partial charge in [0.1, 0.15) is 0 Å². The normalized spacial score (nSPS) is 11.3. The van der Waals surface area contributed by atoms with Crippen LogP contribution in [0.15, 0.2) is 12.7 Å². The quantitative estimate of drug-likeness (QED) is 0.344. The maximum Gasteiger partial charge on any atom is 0.0381 e. The molecular weight excluding hydrogens is 124 g/mol. The van der Waals surface area contributed by atoms with Crippen molar-refractivity contribution >= 4 is 22.5 Å². The lowest BCUT2D eigenvalue weighted by atomic mass is 10.2.